The molecule has 1 atom stereocenters. The molecule has 0 aromatic heterocycles. The van der Waals surface area contributed by atoms with Gasteiger partial charge in [-0.2, -0.15) is 0 Å². The molecule has 1 amide bonds. The Bertz CT molecular complexity index is 640. The monoisotopic (exact) mass is 427 g/mol. The van der Waals surface area contributed by atoms with Crippen LogP contribution in [0.2, 0.25) is 0 Å². The molecule has 0 bridgehead atoms. The van der Waals surface area contributed by atoms with E-state index in [1.807, 2.05) is 25.7 Å². The predicted octanol–water partition coefficient (Wildman–Crippen LogP) is 2.42. The van der Waals surface area contributed by atoms with E-state index in [9.17, 15) is 4.79 Å². The number of halogens is 1. The maximum absolute atomic E-state index is 13.2. The minimum atomic E-state index is 0. The molecule has 1 aromatic rings. The van der Waals surface area contributed by atoms with Crippen molar-refractivity contribution in [3.8, 4) is 17.2 Å². The minimum absolute atomic E-state index is 0. The number of carbonyl (C=O) groups excluding carboxylic acids is 1. The lowest BCUT2D eigenvalue weighted by Crippen LogP contribution is -2.49. The average Bonchev–Trinajstić information content (AvgIpc) is 3.21. The van der Waals surface area contributed by atoms with E-state index in [1.54, 1.807) is 12.1 Å². The molecule has 29 heavy (non-hydrogen) atoms. The van der Waals surface area contributed by atoms with Gasteiger partial charge in [-0.25, -0.2) is 0 Å². The Balaban J connectivity index is 0.00000300. The number of hydrogen-bond donors (Lipinski definition) is 1. The lowest BCUT2D eigenvalue weighted by Gasteiger charge is -2.32. The summed E-state index contributed by atoms with van der Waals surface area (Å²) < 4.78 is 17.3. The number of amides is 1. The zero-order valence-electron chi connectivity index (χ0n) is 17.7. The van der Waals surface area contributed by atoms with Gasteiger partial charge in [-0.3, -0.25) is 9.69 Å². The number of carbonyl (C=O) groups is 1. The minimum Gasteiger partial charge on any atom is -0.490 e. The molecular weight excluding hydrogens is 394 g/mol. The number of nitrogens with zero attached hydrogens (tertiary/aromatic N) is 2. The normalized spacial score (nSPS) is 19.6. The highest BCUT2D eigenvalue weighted by Crippen LogP contribution is 2.39. The van der Waals surface area contributed by atoms with E-state index in [1.165, 1.54) is 0 Å². The van der Waals surface area contributed by atoms with Gasteiger partial charge in [-0.1, -0.05) is 0 Å². The Morgan fingerprint density at radius 1 is 1.00 bits per heavy atom. The summed E-state index contributed by atoms with van der Waals surface area (Å²) in [6, 6.07) is 4.03. The second-order valence-corrected chi connectivity index (χ2v) is 7.08. The first-order chi connectivity index (χ1) is 13.7. The summed E-state index contributed by atoms with van der Waals surface area (Å²) in [5, 5.41) is 3.39. The fourth-order valence-electron chi connectivity index (χ4n) is 3.97. The van der Waals surface area contributed by atoms with E-state index in [-0.39, 0.29) is 18.3 Å². The lowest BCUT2D eigenvalue weighted by molar-refractivity contribution is 0.0772. The molecule has 3 rings (SSSR count). The third-order valence-corrected chi connectivity index (χ3v) is 5.27. The molecule has 2 fully saturated rings. The van der Waals surface area contributed by atoms with Crippen LogP contribution in [0, 0.1) is 0 Å². The Morgan fingerprint density at radius 3 is 2.14 bits per heavy atom. The highest BCUT2D eigenvalue weighted by molar-refractivity contribution is 5.96. The van der Waals surface area contributed by atoms with E-state index in [0.717, 1.165) is 45.7 Å². The first-order valence-corrected chi connectivity index (χ1v) is 10.5. The summed E-state index contributed by atoms with van der Waals surface area (Å²) in [5.41, 5.74) is 0.594. The molecule has 0 spiro atoms. The standard InChI is InChI=1S/C21H33N3O4.ClH/c1-4-26-18-13-16(14-19(27-5-2)20(18)28-6-3)21(25)24-10-7-17(15-24)23-11-8-22-9-12-23;/h13-14,17,22H,4-12,15H2,1-3H3;1H. The third kappa shape index (κ3) is 5.68. The van der Waals surface area contributed by atoms with Crippen LogP contribution in [-0.4, -0.2) is 80.8 Å². The summed E-state index contributed by atoms with van der Waals surface area (Å²) in [4.78, 5) is 17.7. The number of piperazine rings is 1. The second kappa shape index (κ2) is 11.5. The second-order valence-electron chi connectivity index (χ2n) is 7.08. The number of benzene rings is 1. The van der Waals surface area contributed by atoms with Gasteiger partial charge in [-0.15, -0.1) is 12.4 Å². The van der Waals surface area contributed by atoms with Crippen LogP contribution < -0.4 is 19.5 Å². The Hall–Kier alpha value is -1.70. The quantitative estimate of drug-likeness (QED) is 0.687. The molecule has 0 saturated carbocycles. The van der Waals surface area contributed by atoms with Crippen molar-refractivity contribution in [3.05, 3.63) is 17.7 Å². The molecule has 2 aliphatic heterocycles. The maximum Gasteiger partial charge on any atom is 0.254 e. The van der Waals surface area contributed by atoms with Crippen molar-refractivity contribution >= 4 is 18.3 Å². The van der Waals surface area contributed by atoms with Gasteiger partial charge in [0.15, 0.2) is 11.5 Å². The van der Waals surface area contributed by atoms with Gasteiger partial charge in [0.1, 0.15) is 0 Å². The van der Waals surface area contributed by atoms with Gasteiger partial charge < -0.3 is 24.4 Å². The number of likely N-dealkylation sites (tertiary alicyclic amines) is 1. The van der Waals surface area contributed by atoms with Crippen LogP contribution in [0.15, 0.2) is 12.1 Å². The number of ether oxygens (including phenoxy) is 3. The van der Waals surface area contributed by atoms with E-state index in [2.05, 4.69) is 10.2 Å². The summed E-state index contributed by atoms with van der Waals surface area (Å²) in [6.45, 7) is 13.0. The summed E-state index contributed by atoms with van der Waals surface area (Å²) in [7, 11) is 0. The molecule has 7 nitrogen and oxygen atoms in total. The van der Waals surface area contributed by atoms with E-state index in [0.29, 0.717) is 48.7 Å². The number of hydrogen-bond acceptors (Lipinski definition) is 6. The lowest BCUT2D eigenvalue weighted by atomic mass is 10.1. The van der Waals surface area contributed by atoms with Gasteiger partial charge in [0.05, 0.1) is 19.8 Å². The fraction of sp³-hybridized carbons (Fsp3) is 0.667. The topological polar surface area (TPSA) is 63.3 Å². The van der Waals surface area contributed by atoms with Gasteiger partial charge in [0.2, 0.25) is 5.75 Å². The van der Waals surface area contributed by atoms with Crippen molar-refractivity contribution in [3.63, 3.8) is 0 Å². The number of nitrogens with one attached hydrogen (secondary N) is 1. The zero-order valence-corrected chi connectivity index (χ0v) is 18.6. The molecule has 164 valence electrons. The Morgan fingerprint density at radius 2 is 1.59 bits per heavy atom. The molecule has 8 heteroatoms. The van der Waals surface area contributed by atoms with Crippen molar-refractivity contribution in [2.45, 2.75) is 33.2 Å². The summed E-state index contributed by atoms with van der Waals surface area (Å²) >= 11 is 0. The van der Waals surface area contributed by atoms with Crippen molar-refractivity contribution in [2.75, 3.05) is 59.1 Å². The van der Waals surface area contributed by atoms with Crippen molar-refractivity contribution in [1.82, 2.24) is 15.1 Å². The molecule has 2 saturated heterocycles. The fourth-order valence-corrected chi connectivity index (χ4v) is 3.97. The largest absolute Gasteiger partial charge is 0.490 e. The van der Waals surface area contributed by atoms with Crippen LogP contribution in [-0.2, 0) is 0 Å². The highest BCUT2D eigenvalue weighted by Gasteiger charge is 2.32. The van der Waals surface area contributed by atoms with E-state index >= 15 is 0 Å². The first-order valence-electron chi connectivity index (χ1n) is 10.5. The summed E-state index contributed by atoms with van der Waals surface area (Å²) in [6.07, 6.45) is 1.03. The molecular formula is C21H34ClN3O4. The molecule has 2 aliphatic rings. The summed E-state index contributed by atoms with van der Waals surface area (Å²) in [5.74, 6) is 1.73. The maximum atomic E-state index is 13.2. The van der Waals surface area contributed by atoms with Crippen molar-refractivity contribution < 1.29 is 19.0 Å². The zero-order chi connectivity index (χ0) is 19.9. The van der Waals surface area contributed by atoms with Crippen LogP contribution >= 0.6 is 12.4 Å². The molecule has 0 radical (unpaired) electrons. The molecule has 1 aromatic carbocycles. The predicted molar refractivity (Wildman–Crippen MR) is 116 cm³/mol. The highest BCUT2D eigenvalue weighted by atomic mass is 35.5. The molecule has 1 N–H and O–H groups in total. The van der Waals surface area contributed by atoms with Crippen LogP contribution in [0.1, 0.15) is 37.6 Å². The average molecular weight is 428 g/mol. The third-order valence-electron chi connectivity index (χ3n) is 5.27. The Labute approximate surface area is 180 Å². The molecule has 2 heterocycles. The molecule has 1 unspecified atom stereocenters. The van der Waals surface area contributed by atoms with E-state index in [4.69, 9.17) is 14.2 Å². The van der Waals surface area contributed by atoms with Crippen LogP contribution in [0.3, 0.4) is 0 Å². The van der Waals surface area contributed by atoms with Gasteiger partial charge >= 0.3 is 0 Å². The van der Waals surface area contributed by atoms with Gasteiger partial charge in [-0.05, 0) is 39.3 Å². The van der Waals surface area contributed by atoms with Crippen molar-refractivity contribution in [2.24, 2.45) is 0 Å². The van der Waals surface area contributed by atoms with Gasteiger partial charge in [0.25, 0.3) is 5.91 Å². The SMILES string of the molecule is CCOc1cc(C(=O)N2CCC(N3CCNCC3)C2)cc(OCC)c1OCC.Cl. The van der Waals surface area contributed by atoms with Crippen molar-refractivity contribution in [1.29, 1.82) is 0 Å². The van der Waals surface area contributed by atoms with Crippen LogP contribution in [0.25, 0.3) is 0 Å². The molecule has 0 aliphatic carbocycles. The Kier molecular flexibility index (Phi) is 9.33. The first kappa shape index (κ1) is 23.6. The van der Waals surface area contributed by atoms with E-state index < -0.39 is 0 Å². The van der Waals surface area contributed by atoms with Gasteiger partial charge in [0, 0.05) is 50.9 Å². The smallest absolute Gasteiger partial charge is 0.254 e. The van der Waals surface area contributed by atoms with Crippen LogP contribution in [0.4, 0.5) is 0 Å². The number of rotatable bonds is 8. The van der Waals surface area contributed by atoms with Crippen LogP contribution in [0.5, 0.6) is 17.2 Å².